The molecular weight excluding hydrogens is 388 g/mol. The maximum absolute atomic E-state index is 5.47. The predicted molar refractivity (Wildman–Crippen MR) is 136 cm³/mol. The van der Waals surface area contributed by atoms with Crippen LogP contribution in [0, 0.1) is 17.8 Å². The minimum atomic E-state index is 0.575. The maximum atomic E-state index is 5.47. The van der Waals surface area contributed by atoms with Crippen molar-refractivity contribution in [3.8, 4) is 11.8 Å². The highest BCUT2D eigenvalue weighted by atomic mass is 16.5. The molecule has 0 saturated carbocycles. The summed E-state index contributed by atoms with van der Waals surface area (Å²) in [5.74, 6) is 6.50. The zero-order valence-electron chi connectivity index (χ0n) is 21.9. The van der Waals surface area contributed by atoms with Crippen LogP contribution < -0.4 is 5.73 Å². The topological polar surface area (TPSA) is 54.2 Å². The zero-order chi connectivity index (χ0) is 23.7. The first-order valence-corrected chi connectivity index (χ1v) is 12.4. The van der Waals surface area contributed by atoms with Crippen molar-refractivity contribution in [3.63, 3.8) is 0 Å². The Morgan fingerprint density at radius 3 is 2.26 bits per heavy atom. The highest BCUT2D eigenvalue weighted by Crippen LogP contribution is 2.02. The lowest BCUT2D eigenvalue weighted by Crippen LogP contribution is -2.45. The van der Waals surface area contributed by atoms with Crippen molar-refractivity contribution in [1.29, 1.82) is 0 Å². The third-order valence-electron chi connectivity index (χ3n) is 5.14. The van der Waals surface area contributed by atoms with Gasteiger partial charge in [0, 0.05) is 59.0 Å². The number of nitrogens with zero attached hydrogens (tertiary/aromatic N) is 3. The molecule has 2 N–H and O–H groups in total. The van der Waals surface area contributed by atoms with Crippen LogP contribution in [0.4, 0.5) is 0 Å². The van der Waals surface area contributed by atoms with Crippen molar-refractivity contribution in [2.45, 2.75) is 53.9 Å². The van der Waals surface area contributed by atoms with Crippen molar-refractivity contribution in [3.05, 3.63) is 0 Å². The minimum absolute atomic E-state index is 0.575. The zero-order valence-corrected chi connectivity index (χ0v) is 21.9. The van der Waals surface area contributed by atoms with Gasteiger partial charge < -0.3 is 25.0 Å². The summed E-state index contributed by atoms with van der Waals surface area (Å²) in [6.45, 7) is 22.2. The summed E-state index contributed by atoms with van der Waals surface area (Å²) in [5, 5.41) is 0. The molecule has 0 amide bonds. The van der Waals surface area contributed by atoms with E-state index in [4.69, 9.17) is 15.2 Å². The van der Waals surface area contributed by atoms with Gasteiger partial charge in [0.2, 0.25) is 0 Å². The first kappa shape index (κ1) is 32.5. The second-order valence-corrected chi connectivity index (χ2v) is 8.01. The van der Waals surface area contributed by atoms with E-state index >= 15 is 0 Å². The first-order chi connectivity index (χ1) is 15.0. The molecule has 1 heterocycles. The van der Waals surface area contributed by atoms with Crippen LogP contribution in [-0.4, -0.2) is 108 Å². The molecule has 31 heavy (non-hydrogen) atoms. The van der Waals surface area contributed by atoms with Crippen LogP contribution in [0.15, 0.2) is 0 Å². The lowest BCUT2D eigenvalue weighted by molar-refractivity contribution is 0.0815. The van der Waals surface area contributed by atoms with Crippen molar-refractivity contribution in [1.82, 2.24) is 14.7 Å². The van der Waals surface area contributed by atoms with Gasteiger partial charge in [0.1, 0.15) is 6.61 Å². The Morgan fingerprint density at radius 2 is 1.68 bits per heavy atom. The standard InChI is InChI=1S/C13H25NO.C10H23N3O.C2H6/c1-5-7-10-15-11-8-9-14(4)12-13(3)6-2;1-12-4-6-13(7-5-12)8-10-14-9-2-3-11;1-2/h13H,6,8-12H2,1-4H3;2-11H2,1H3;1-2H3. The number of hydrogen-bond acceptors (Lipinski definition) is 6. The molecule has 6 heteroatoms. The van der Waals surface area contributed by atoms with Crippen molar-refractivity contribution in [2.75, 3.05) is 92.9 Å². The van der Waals surface area contributed by atoms with Crippen LogP contribution in [0.1, 0.15) is 53.9 Å². The number of rotatable bonds is 14. The molecule has 1 unspecified atom stereocenters. The Hall–Kier alpha value is -0.680. The summed E-state index contributed by atoms with van der Waals surface area (Å²) >= 11 is 0. The SMILES string of the molecule is CC.CC#CCOCCCN(C)CC(C)CC.CN1CCN(CCOCCCN)CC1. The van der Waals surface area contributed by atoms with Gasteiger partial charge in [-0.3, -0.25) is 4.90 Å². The normalized spacial score (nSPS) is 15.3. The van der Waals surface area contributed by atoms with Gasteiger partial charge in [0.05, 0.1) is 6.61 Å². The molecule has 1 atom stereocenters. The van der Waals surface area contributed by atoms with Gasteiger partial charge in [-0.15, -0.1) is 5.92 Å². The van der Waals surface area contributed by atoms with E-state index < -0.39 is 0 Å². The molecule has 186 valence electrons. The third kappa shape index (κ3) is 23.8. The summed E-state index contributed by atoms with van der Waals surface area (Å²) in [6, 6.07) is 0. The number of hydrogen-bond donors (Lipinski definition) is 1. The highest BCUT2D eigenvalue weighted by molar-refractivity contribution is 4.94. The average Bonchev–Trinajstić information content (AvgIpc) is 2.79. The summed E-state index contributed by atoms with van der Waals surface area (Å²) < 4.78 is 10.8. The number of ether oxygens (including phenoxy) is 2. The summed E-state index contributed by atoms with van der Waals surface area (Å²) in [7, 11) is 4.35. The average molecular weight is 443 g/mol. The van der Waals surface area contributed by atoms with Gasteiger partial charge in [0.15, 0.2) is 0 Å². The summed E-state index contributed by atoms with van der Waals surface area (Å²) in [6.07, 6.45) is 3.33. The van der Waals surface area contributed by atoms with Gasteiger partial charge in [-0.05, 0) is 46.3 Å². The lowest BCUT2D eigenvalue weighted by Gasteiger charge is -2.32. The van der Waals surface area contributed by atoms with E-state index in [0.29, 0.717) is 6.61 Å². The molecule has 6 nitrogen and oxygen atoms in total. The largest absolute Gasteiger partial charge is 0.380 e. The fourth-order valence-electron chi connectivity index (χ4n) is 2.94. The molecule has 0 spiro atoms. The van der Waals surface area contributed by atoms with Crippen LogP contribution in [0.2, 0.25) is 0 Å². The molecule has 0 bridgehead atoms. The molecule has 1 aliphatic rings. The first-order valence-electron chi connectivity index (χ1n) is 12.4. The van der Waals surface area contributed by atoms with Crippen LogP contribution >= 0.6 is 0 Å². The molecular formula is C25H54N4O2. The van der Waals surface area contributed by atoms with E-state index in [9.17, 15) is 0 Å². The Balaban J connectivity index is 0. The van der Waals surface area contributed by atoms with E-state index in [1.165, 1.54) is 39.1 Å². The van der Waals surface area contributed by atoms with Gasteiger partial charge in [-0.25, -0.2) is 0 Å². The van der Waals surface area contributed by atoms with Gasteiger partial charge in [0.25, 0.3) is 0 Å². The van der Waals surface area contributed by atoms with E-state index in [0.717, 1.165) is 58.2 Å². The fourth-order valence-corrected chi connectivity index (χ4v) is 2.94. The van der Waals surface area contributed by atoms with Crippen LogP contribution in [0.5, 0.6) is 0 Å². The molecule has 1 aliphatic heterocycles. The number of likely N-dealkylation sites (N-methyl/N-ethyl adjacent to an activating group) is 1. The number of piperazine rings is 1. The predicted octanol–water partition coefficient (Wildman–Crippen LogP) is 3.02. The van der Waals surface area contributed by atoms with Crippen molar-refractivity contribution < 1.29 is 9.47 Å². The Morgan fingerprint density at radius 1 is 1.03 bits per heavy atom. The molecule has 0 radical (unpaired) electrons. The molecule has 0 aromatic heterocycles. The van der Waals surface area contributed by atoms with Crippen molar-refractivity contribution in [2.24, 2.45) is 11.7 Å². The quantitative estimate of drug-likeness (QED) is 0.330. The highest BCUT2D eigenvalue weighted by Gasteiger charge is 2.12. The van der Waals surface area contributed by atoms with Gasteiger partial charge >= 0.3 is 0 Å². The minimum Gasteiger partial charge on any atom is -0.380 e. The second-order valence-electron chi connectivity index (χ2n) is 8.01. The Labute approximate surface area is 194 Å². The molecule has 0 aromatic rings. The molecule has 1 fully saturated rings. The van der Waals surface area contributed by atoms with E-state index in [2.05, 4.69) is 54.5 Å². The van der Waals surface area contributed by atoms with E-state index in [1.54, 1.807) is 0 Å². The third-order valence-corrected chi connectivity index (χ3v) is 5.14. The molecule has 1 saturated heterocycles. The van der Waals surface area contributed by atoms with Gasteiger partial charge in [-0.1, -0.05) is 40.0 Å². The van der Waals surface area contributed by atoms with Gasteiger partial charge in [-0.2, -0.15) is 0 Å². The van der Waals surface area contributed by atoms with Crippen LogP contribution in [0.25, 0.3) is 0 Å². The fraction of sp³-hybridized carbons (Fsp3) is 0.920. The summed E-state index contributed by atoms with van der Waals surface area (Å²) in [5.41, 5.74) is 5.37. The molecule has 0 aromatic carbocycles. The monoisotopic (exact) mass is 442 g/mol. The van der Waals surface area contributed by atoms with Crippen LogP contribution in [-0.2, 0) is 9.47 Å². The second kappa shape index (κ2) is 25.6. The van der Waals surface area contributed by atoms with Crippen LogP contribution in [0.3, 0.4) is 0 Å². The Bertz CT molecular complexity index is 404. The molecule has 1 rings (SSSR count). The van der Waals surface area contributed by atoms with E-state index in [1.807, 2.05) is 20.8 Å². The smallest absolute Gasteiger partial charge is 0.107 e. The maximum Gasteiger partial charge on any atom is 0.107 e. The van der Waals surface area contributed by atoms with E-state index in [-0.39, 0.29) is 0 Å². The summed E-state index contributed by atoms with van der Waals surface area (Å²) in [4.78, 5) is 7.21. The van der Waals surface area contributed by atoms with Crippen molar-refractivity contribution >= 4 is 0 Å². The molecule has 0 aliphatic carbocycles. The number of nitrogens with two attached hydrogens (primary N) is 1. The lowest BCUT2D eigenvalue weighted by atomic mass is 10.1. The Kier molecular flexibility index (Phi) is 26.8.